The zero-order chi connectivity index (χ0) is 20.6. The summed E-state index contributed by atoms with van der Waals surface area (Å²) >= 11 is 0. The van der Waals surface area contributed by atoms with E-state index >= 15 is 0 Å². The molecule has 0 spiro atoms. The van der Waals surface area contributed by atoms with Gasteiger partial charge in [0, 0.05) is 12.3 Å². The molecule has 3 rings (SSSR count). The summed E-state index contributed by atoms with van der Waals surface area (Å²) in [6.45, 7) is 2.35. The van der Waals surface area contributed by atoms with Crippen molar-refractivity contribution in [2.75, 3.05) is 6.54 Å². The van der Waals surface area contributed by atoms with Crippen molar-refractivity contribution in [3.63, 3.8) is 0 Å². The van der Waals surface area contributed by atoms with Crippen LogP contribution in [0, 0.1) is 5.92 Å². The van der Waals surface area contributed by atoms with Crippen molar-refractivity contribution in [1.82, 2.24) is 5.32 Å². The van der Waals surface area contributed by atoms with E-state index in [2.05, 4.69) is 5.32 Å². The maximum absolute atomic E-state index is 12.5. The Morgan fingerprint density at radius 2 is 1.66 bits per heavy atom. The van der Waals surface area contributed by atoms with Crippen LogP contribution in [0.4, 0.5) is 0 Å². The van der Waals surface area contributed by atoms with Gasteiger partial charge in [-0.3, -0.25) is 4.79 Å². The molecule has 1 fully saturated rings. The van der Waals surface area contributed by atoms with E-state index in [0.29, 0.717) is 6.54 Å². The number of benzene rings is 2. The largest absolute Gasteiger partial charge is 0.372 e. The van der Waals surface area contributed by atoms with E-state index in [4.69, 9.17) is 9.78 Å². The Labute approximate surface area is 170 Å². The quantitative estimate of drug-likeness (QED) is 0.441. The van der Waals surface area contributed by atoms with Gasteiger partial charge < -0.3 is 5.32 Å². The van der Waals surface area contributed by atoms with Gasteiger partial charge in [-0.05, 0) is 30.5 Å². The third-order valence-corrected chi connectivity index (χ3v) is 5.21. The van der Waals surface area contributed by atoms with Crippen molar-refractivity contribution in [2.24, 2.45) is 5.92 Å². The Morgan fingerprint density at radius 3 is 2.31 bits per heavy atom. The number of carbonyl (C=O) groups is 3. The predicted molar refractivity (Wildman–Crippen MR) is 107 cm³/mol. The zero-order valence-electron chi connectivity index (χ0n) is 16.4. The van der Waals surface area contributed by atoms with Gasteiger partial charge in [-0.25, -0.2) is 19.4 Å². The van der Waals surface area contributed by atoms with Gasteiger partial charge in [0.25, 0.3) is 0 Å². The molecule has 6 nitrogen and oxygen atoms in total. The van der Waals surface area contributed by atoms with Crippen LogP contribution in [0.1, 0.15) is 36.8 Å². The molecule has 0 amide bonds. The zero-order valence-corrected chi connectivity index (χ0v) is 16.4. The lowest BCUT2D eigenvalue weighted by atomic mass is 9.92. The highest BCUT2D eigenvalue weighted by Crippen LogP contribution is 2.28. The lowest BCUT2D eigenvalue weighted by Gasteiger charge is -2.18. The van der Waals surface area contributed by atoms with E-state index in [-0.39, 0.29) is 24.5 Å². The fourth-order valence-electron chi connectivity index (χ4n) is 3.63. The topological polar surface area (TPSA) is 81.7 Å². The van der Waals surface area contributed by atoms with Gasteiger partial charge in [0.1, 0.15) is 17.7 Å². The molecule has 1 aliphatic heterocycles. The molecule has 1 saturated heterocycles. The third kappa shape index (κ3) is 5.29. The summed E-state index contributed by atoms with van der Waals surface area (Å²) in [4.78, 5) is 46.9. The van der Waals surface area contributed by atoms with Crippen LogP contribution in [0.5, 0.6) is 0 Å². The average molecular weight is 395 g/mol. The second-order valence-corrected chi connectivity index (χ2v) is 7.10. The highest BCUT2D eigenvalue weighted by Gasteiger charge is 2.37. The first-order valence-corrected chi connectivity index (χ1v) is 9.87. The molecule has 2 aromatic carbocycles. The van der Waals surface area contributed by atoms with Gasteiger partial charge in [0.15, 0.2) is 0 Å². The van der Waals surface area contributed by atoms with E-state index in [1.165, 1.54) is 0 Å². The van der Waals surface area contributed by atoms with Crippen molar-refractivity contribution < 1.29 is 24.2 Å². The fourth-order valence-corrected chi connectivity index (χ4v) is 3.63. The number of hydrogen-bond donors (Lipinski definition) is 1. The monoisotopic (exact) mass is 395 g/mol. The second-order valence-electron chi connectivity index (χ2n) is 7.10. The Bertz CT molecular complexity index is 837. The first-order valence-electron chi connectivity index (χ1n) is 9.87. The van der Waals surface area contributed by atoms with Crippen molar-refractivity contribution in [2.45, 2.75) is 38.1 Å². The molecule has 1 heterocycles. The number of hydrogen-bond acceptors (Lipinski definition) is 6. The Hall–Kier alpha value is -2.99. The standard InChI is InChI=1S/C23H25NO5/c1-2-20(25)19(15-16-9-5-3-6-10-16)22(26)28-29-23(27)21-18(13-14-24-21)17-11-7-4-8-12-17/h3-12,18-19,21,24H,2,13-15H2,1H3. The van der Waals surface area contributed by atoms with Gasteiger partial charge in [0.2, 0.25) is 0 Å². The maximum atomic E-state index is 12.5. The average Bonchev–Trinajstić information content (AvgIpc) is 3.26. The molecule has 0 aromatic heterocycles. The predicted octanol–water partition coefficient (Wildman–Crippen LogP) is 2.97. The number of rotatable bonds is 7. The molecule has 3 unspecified atom stereocenters. The number of nitrogens with one attached hydrogen (secondary N) is 1. The summed E-state index contributed by atoms with van der Waals surface area (Å²) in [6.07, 6.45) is 1.18. The van der Waals surface area contributed by atoms with E-state index in [1.54, 1.807) is 6.92 Å². The third-order valence-electron chi connectivity index (χ3n) is 5.21. The van der Waals surface area contributed by atoms with Crippen molar-refractivity contribution in [1.29, 1.82) is 0 Å². The van der Waals surface area contributed by atoms with Gasteiger partial charge >= 0.3 is 11.9 Å². The van der Waals surface area contributed by atoms with Crippen LogP contribution in [0.3, 0.4) is 0 Å². The molecule has 29 heavy (non-hydrogen) atoms. The normalized spacial score (nSPS) is 19.3. The van der Waals surface area contributed by atoms with Crippen LogP contribution < -0.4 is 5.32 Å². The minimum atomic E-state index is -1.00. The molecule has 3 atom stereocenters. The summed E-state index contributed by atoms with van der Waals surface area (Å²) in [7, 11) is 0. The minimum absolute atomic E-state index is 0.0557. The summed E-state index contributed by atoms with van der Waals surface area (Å²) < 4.78 is 0. The molecule has 1 N–H and O–H groups in total. The summed E-state index contributed by atoms with van der Waals surface area (Å²) in [6, 6.07) is 18.3. The molecule has 0 saturated carbocycles. The van der Waals surface area contributed by atoms with Crippen molar-refractivity contribution in [3.8, 4) is 0 Å². The summed E-state index contributed by atoms with van der Waals surface area (Å²) in [5.74, 6) is -2.82. The van der Waals surface area contributed by atoms with E-state index in [1.807, 2.05) is 60.7 Å². The summed E-state index contributed by atoms with van der Waals surface area (Å²) in [5, 5.41) is 3.10. The molecule has 0 bridgehead atoms. The minimum Gasteiger partial charge on any atom is -0.304 e. The molecule has 0 aliphatic carbocycles. The Balaban J connectivity index is 1.61. The molecule has 2 aromatic rings. The number of carbonyl (C=O) groups excluding carboxylic acids is 3. The van der Waals surface area contributed by atoms with Gasteiger partial charge in [-0.1, -0.05) is 67.6 Å². The molecule has 0 radical (unpaired) electrons. The highest BCUT2D eigenvalue weighted by atomic mass is 17.2. The Morgan fingerprint density at radius 1 is 1.00 bits per heavy atom. The van der Waals surface area contributed by atoms with Crippen LogP contribution >= 0.6 is 0 Å². The highest BCUT2D eigenvalue weighted by molar-refractivity contribution is 5.99. The van der Waals surface area contributed by atoms with E-state index in [9.17, 15) is 14.4 Å². The van der Waals surface area contributed by atoms with Gasteiger partial charge in [0.05, 0.1) is 0 Å². The fraction of sp³-hybridized carbons (Fsp3) is 0.348. The van der Waals surface area contributed by atoms with Crippen LogP contribution in [0.2, 0.25) is 0 Å². The maximum Gasteiger partial charge on any atom is 0.372 e. The summed E-state index contributed by atoms with van der Waals surface area (Å²) in [5.41, 5.74) is 1.86. The van der Waals surface area contributed by atoms with E-state index < -0.39 is 23.9 Å². The molecule has 6 heteroatoms. The lowest BCUT2D eigenvalue weighted by Crippen LogP contribution is -2.37. The second kappa shape index (κ2) is 9.98. The Kier molecular flexibility index (Phi) is 7.14. The molecule has 152 valence electrons. The smallest absolute Gasteiger partial charge is 0.304 e. The van der Waals surface area contributed by atoms with Crippen LogP contribution in [-0.2, 0) is 30.6 Å². The number of ketones is 1. The molecular weight excluding hydrogens is 370 g/mol. The van der Waals surface area contributed by atoms with Gasteiger partial charge in [-0.2, -0.15) is 0 Å². The van der Waals surface area contributed by atoms with Crippen LogP contribution in [0.15, 0.2) is 60.7 Å². The van der Waals surface area contributed by atoms with Crippen molar-refractivity contribution in [3.05, 3.63) is 71.8 Å². The van der Waals surface area contributed by atoms with Gasteiger partial charge in [-0.15, -0.1) is 0 Å². The first kappa shape index (κ1) is 20.7. The van der Waals surface area contributed by atoms with E-state index in [0.717, 1.165) is 17.5 Å². The van der Waals surface area contributed by atoms with Crippen molar-refractivity contribution >= 4 is 17.7 Å². The molecular formula is C23H25NO5. The van der Waals surface area contributed by atoms with Crippen LogP contribution in [0.25, 0.3) is 0 Å². The first-order chi connectivity index (χ1) is 14.1. The number of Topliss-reactive ketones (excluding diaryl/α,β-unsaturated/α-hetero) is 1. The lowest BCUT2D eigenvalue weighted by molar-refractivity contribution is -0.263. The molecule has 1 aliphatic rings. The van der Waals surface area contributed by atoms with Crippen LogP contribution in [-0.4, -0.2) is 30.3 Å². The SMILES string of the molecule is CCC(=O)C(Cc1ccccc1)C(=O)OOC(=O)C1NCCC1c1ccccc1.